The Labute approximate surface area is 225 Å². The fraction of sp³-hybridized carbons (Fsp3) is 0.226. The van der Waals surface area contributed by atoms with E-state index in [9.17, 15) is 4.79 Å². The molecule has 0 saturated carbocycles. The lowest BCUT2D eigenvalue weighted by Crippen LogP contribution is -2.29. The fourth-order valence-corrected chi connectivity index (χ4v) is 7.60. The number of likely N-dealkylation sites (N-methyl/N-ethyl adjacent to an activating group) is 1. The van der Waals surface area contributed by atoms with E-state index in [1.54, 1.807) is 22.7 Å². The van der Waals surface area contributed by atoms with Crippen LogP contribution in [0.4, 0.5) is 5.00 Å². The van der Waals surface area contributed by atoms with Crippen molar-refractivity contribution >= 4 is 43.8 Å². The van der Waals surface area contributed by atoms with Crippen LogP contribution in [0.15, 0.2) is 84.9 Å². The van der Waals surface area contributed by atoms with E-state index >= 15 is 0 Å². The highest BCUT2D eigenvalue weighted by Crippen LogP contribution is 2.46. The van der Waals surface area contributed by atoms with Crippen molar-refractivity contribution in [3.8, 4) is 10.6 Å². The van der Waals surface area contributed by atoms with Crippen LogP contribution in [0.5, 0.6) is 0 Å². The second-order valence-electron chi connectivity index (χ2n) is 9.44. The number of aromatic nitrogens is 1. The molecule has 37 heavy (non-hydrogen) atoms. The summed E-state index contributed by atoms with van der Waals surface area (Å²) in [5, 5.41) is 5.28. The quantitative estimate of drug-likeness (QED) is 0.239. The monoisotopic (exact) mass is 523 g/mol. The normalized spacial score (nSPS) is 13.7. The van der Waals surface area contributed by atoms with Crippen LogP contribution < -0.4 is 5.32 Å². The van der Waals surface area contributed by atoms with Gasteiger partial charge >= 0.3 is 0 Å². The maximum absolute atomic E-state index is 13.6. The minimum Gasteiger partial charge on any atom is -0.317 e. The van der Waals surface area contributed by atoms with E-state index in [0.717, 1.165) is 58.3 Å². The number of carbonyl (C=O) groups excluding carboxylic acids is 1. The molecule has 0 saturated heterocycles. The van der Waals surface area contributed by atoms with Gasteiger partial charge in [0.25, 0.3) is 0 Å². The van der Waals surface area contributed by atoms with Crippen LogP contribution in [-0.2, 0) is 17.8 Å². The summed E-state index contributed by atoms with van der Waals surface area (Å²) in [4.78, 5) is 22.4. The first-order valence-corrected chi connectivity index (χ1v) is 14.5. The Morgan fingerprint density at radius 3 is 2.30 bits per heavy atom. The highest BCUT2D eigenvalue weighted by atomic mass is 32.1. The van der Waals surface area contributed by atoms with Crippen LogP contribution in [0.2, 0.25) is 0 Å². The number of amides is 1. The molecule has 2 aromatic heterocycles. The summed E-state index contributed by atoms with van der Waals surface area (Å²) < 4.78 is 1.17. The number of thiazole rings is 1. The Morgan fingerprint density at radius 1 is 0.946 bits per heavy atom. The summed E-state index contributed by atoms with van der Waals surface area (Å²) in [5.74, 6) is 0.0319. The molecule has 0 fully saturated rings. The van der Waals surface area contributed by atoms with Crippen molar-refractivity contribution < 1.29 is 4.79 Å². The molecule has 0 aliphatic carbocycles. The first kappa shape index (κ1) is 24.0. The van der Waals surface area contributed by atoms with Gasteiger partial charge in [0.15, 0.2) is 0 Å². The number of benzene rings is 3. The number of nitrogens with zero attached hydrogens (tertiary/aromatic N) is 2. The van der Waals surface area contributed by atoms with Crippen molar-refractivity contribution in [2.24, 2.45) is 0 Å². The molecule has 0 atom stereocenters. The lowest BCUT2D eigenvalue weighted by atomic mass is 9.88. The maximum atomic E-state index is 13.6. The first-order valence-electron chi connectivity index (χ1n) is 12.8. The first-order chi connectivity index (χ1) is 18.2. The van der Waals surface area contributed by atoms with E-state index in [0.29, 0.717) is 6.42 Å². The molecule has 186 valence electrons. The Bertz CT molecular complexity index is 1450. The average molecular weight is 524 g/mol. The molecule has 0 spiro atoms. The van der Waals surface area contributed by atoms with E-state index < -0.39 is 0 Å². The summed E-state index contributed by atoms with van der Waals surface area (Å²) in [7, 11) is 0. The zero-order valence-corrected chi connectivity index (χ0v) is 22.4. The number of para-hydroxylation sites is 1. The predicted octanol–water partition coefficient (Wildman–Crippen LogP) is 7.56. The largest absolute Gasteiger partial charge is 0.317 e. The molecule has 5 aromatic rings. The SMILES string of the molecule is CCN1CCc2c(sc(NC(=O)CC(c3ccccc3)c3ccccc3)c2-c2nc3ccccc3s2)C1. The van der Waals surface area contributed by atoms with Crippen LogP contribution in [0.25, 0.3) is 20.8 Å². The van der Waals surface area contributed by atoms with E-state index in [1.165, 1.54) is 15.1 Å². The van der Waals surface area contributed by atoms with Gasteiger partial charge in [-0.25, -0.2) is 4.98 Å². The van der Waals surface area contributed by atoms with Crippen LogP contribution in [0.3, 0.4) is 0 Å². The van der Waals surface area contributed by atoms with E-state index in [2.05, 4.69) is 59.6 Å². The van der Waals surface area contributed by atoms with Crippen molar-refractivity contribution in [3.05, 3.63) is 106 Å². The molecule has 1 aliphatic heterocycles. The molecule has 6 rings (SSSR count). The molecule has 1 N–H and O–H groups in total. The van der Waals surface area contributed by atoms with Gasteiger partial charge in [0.05, 0.1) is 10.2 Å². The summed E-state index contributed by atoms with van der Waals surface area (Å²) in [5.41, 5.74) is 5.80. The molecule has 3 aromatic carbocycles. The lowest BCUT2D eigenvalue weighted by molar-refractivity contribution is -0.116. The predicted molar refractivity (Wildman–Crippen MR) is 156 cm³/mol. The Kier molecular flexibility index (Phi) is 6.87. The van der Waals surface area contributed by atoms with Crippen molar-refractivity contribution in [1.82, 2.24) is 9.88 Å². The average Bonchev–Trinajstić information content (AvgIpc) is 3.52. The van der Waals surface area contributed by atoms with Crippen molar-refractivity contribution in [2.45, 2.75) is 32.2 Å². The molecule has 3 heterocycles. The number of rotatable bonds is 7. The van der Waals surface area contributed by atoms with Crippen molar-refractivity contribution in [1.29, 1.82) is 0 Å². The minimum absolute atomic E-state index is 0.00142. The Balaban J connectivity index is 1.35. The number of hydrogen-bond donors (Lipinski definition) is 1. The van der Waals surface area contributed by atoms with Gasteiger partial charge in [0.2, 0.25) is 5.91 Å². The zero-order chi connectivity index (χ0) is 25.2. The third-order valence-electron chi connectivity index (χ3n) is 7.14. The zero-order valence-electron chi connectivity index (χ0n) is 20.8. The van der Waals surface area contributed by atoms with Gasteiger partial charge in [0, 0.05) is 35.9 Å². The van der Waals surface area contributed by atoms with Crippen molar-refractivity contribution in [2.75, 3.05) is 18.4 Å². The highest BCUT2D eigenvalue weighted by molar-refractivity contribution is 7.22. The third kappa shape index (κ3) is 4.97. The minimum atomic E-state index is -0.00142. The summed E-state index contributed by atoms with van der Waals surface area (Å²) in [6, 6.07) is 28.9. The Morgan fingerprint density at radius 2 is 1.62 bits per heavy atom. The fourth-order valence-electron chi connectivity index (χ4n) is 5.18. The number of nitrogens with one attached hydrogen (secondary N) is 1. The van der Waals surface area contributed by atoms with Crippen molar-refractivity contribution in [3.63, 3.8) is 0 Å². The molecule has 0 radical (unpaired) electrons. The number of thiophene rings is 1. The number of anilines is 1. The third-order valence-corrected chi connectivity index (χ3v) is 9.32. The summed E-state index contributed by atoms with van der Waals surface area (Å²) >= 11 is 3.44. The standard InChI is InChI=1S/C31H29N3OS2/c1-2-34-18-17-23-27(20-34)37-31(29(23)30-32-25-15-9-10-16-26(25)36-30)33-28(35)19-24(21-11-5-3-6-12-21)22-13-7-4-8-14-22/h3-16,24H,2,17-20H2,1H3,(H,33,35). The van der Waals surface area contributed by atoms with Gasteiger partial charge in [-0.15, -0.1) is 22.7 Å². The smallest absolute Gasteiger partial charge is 0.225 e. The van der Waals surface area contributed by atoms with Crippen LogP contribution >= 0.6 is 22.7 Å². The van der Waals surface area contributed by atoms with Crippen LogP contribution in [-0.4, -0.2) is 28.9 Å². The van der Waals surface area contributed by atoms with Crippen LogP contribution in [0, 0.1) is 0 Å². The van der Waals surface area contributed by atoms with Gasteiger partial charge in [-0.1, -0.05) is 79.7 Å². The number of hydrogen-bond acceptors (Lipinski definition) is 5. The molecule has 6 heteroatoms. The van der Waals surface area contributed by atoms with Gasteiger partial charge in [-0.3, -0.25) is 9.69 Å². The van der Waals surface area contributed by atoms with E-state index in [-0.39, 0.29) is 11.8 Å². The topological polar surface area (TPSA) is 45.2 Å². The summed E-state index contributed by atoms with van der Waals surface area (Å²) in [6.45, 7) is 5.21. The second kappa shape index (κ2) is 10.6. The van der Waals surface area contributed by atoms with Gasteiger partial charge in [0.1, 0.15) is 10.0 Å². The molecular formula is C31H29N3OS2. The van der Waals surface area contributed by atoms with Gasteiger partial charge < -0.3 is 5.32 Å². The molecule has 1 aliphatic rings. The van der Waals surface area contributed by atoms with Crippen LogP contribution in [0.1, 0.15) is 40.8 Å². The lowest BCUT2D eigenvalue weighted by Gasteiger charge is -2.25. The molecule has 1 amide bonds. The number of carbonyl (C=O) groups is 1. The van der Waals surface area contributed by atoms with E-state index in [1.807, 2.05) is 42.5 Å². The van der Waals surface area contributed by atoms with Gasteiger partial charge in [-0.2, -0.15) is 0 Å². The Hall–Kier alpha value is -3.32. The second-order valence-corrected chi connectivity index (χ2v) is 11.6. The van der Waals surface area contributed by atoms with Gasteiger partial charge in [-0.05, 0) is 41.8 Å². The summed E-state index contributed by atoms with van der Waals surface area (Å²) in [6.07, 6.45) is 1.37. The van der Waals surface area contributed by atoms with E-state index in [4.69, 9.17) is 4.98 Å². The molecular weight excluding hydrogens is 494 g/mol. The molecule has 4 nitrogen and oxygen atoms in total. The molecule has 0 bridgehead atoms. The number of fused-ring (bicyclic) bond motifs is 2. The molecule has 0 unspecified atom stereocenters. The maximum Gasteiger partial charge on any atom is 0.225 e. The highest BCUT2D eigenvalue weighted by Gasteiger charge is 2.28.